The molecular formula is C21H28O4. The number of rotatable bonds is 1. The standard InChI is InChI=1S/C21H28O4/c1-12(22)25-19-5-4-15-14-11-18(24)17-10-13(23)6-8-20(17,2)16(14)7-9-21(15,19)3/h10,14-16,19H,4-9,11H2,1-3H3/t14?,15?,16?,19-,20+,21-/m0/s1. The van der Waals surface area contributed by atoms with Gasteiger partial charge in [-0.2, -0.15) is 0 Å². The molecule has 4 nitrogen and oxygen atoms in total. The molecule has 0 amide bonds. The molecule has 3 saturated carbocycles. The lowest BCUT2D eigenvalue weighted by molar-refractivity contribution is -0.158. The molecule has 0 aliphatic heterocycles. The maximum Gasteiger partial charge on any atom is 0.302 e. The minimum atomic E-state index is -0.198. The van der Waals surface area contributed by atoms with E-state index < -0.39 is 0 Å². The lowest BCUT2D eigenvalue weighted by atomic mass is 9.47. The maximum atomic E-state index is 12.9. The maximum absolute atomic E-state index is 12.9. The van der Waals surface area contributed by atoms with Crippen molar-refractivity contribution >= 4 is 17.5 Å². The van der Waals surface area contributed by atoms with E-state index in [1.807, 2.05) is 0 Å². The highest BCUT2D eigenvalue weighted by Crippen LogP contribution is 2.64. The van der Waals surface area contributed by atoms with Crippen molar-refractivity contribution in [2.24, 2.45) is 28.6 Å². The molecule has 0 radical (unpaired) electrons. The molecule has 0 spiro atoms. The summed E-state index contributed by atoms with van der Waals surface area (Å²) in [6.07, 6.45) is 7.62. The van der Waals surface area contributed by atoms with Crippen LogP contribution in [0, 0.1) is 28.6 Å². The largest absolute Gasteiger partial charge is 0.462 e. The Bertz CT molecular complexity index is 677. The van der Waals surface area contributed by atoms with Crippen LogP contribution in [0.25, 0.3) is 0 Å². The van der Waals surface area contributed by atoms with Crippen molar-refractivity contribution in [2.45, 2.75) is 71.8 Å². The molecule has 3 fully saturated rings. The molecule has 0 aromatic carbocycles. The Hall–Kier alpha value is -1.45. The van der Waals surface area contributed by atoms with Crippen molar-refractivity contribution in [3.05, 3.63) is 11.6 Å². The average molecular weight is 344 g/mol. The SMILES string of the molecule is CC(=O)O[C@H]1CCC2C3CC(=O)C4=CC(=O)CC[C@]4(C)C3CC[C@@]21C. The minimum absolute atomic E-state index is 0.00478. The van der Waals surface area contributed by atoms with E-state index in [-0.39, 0.29) is 34.5 Å². The first-order chi connectivity index (χ1) is 11.8. The van der Waals surface area contributed by atoms with Crippen LogP contribution in [-0.4, -0.2) is 23.6 Å². The molecular weight excluding hydrogens is 316 g/mol. The number of hydrogen-bond acceptors (Lipinski definition) is 4. The molecule has 3 unspecified atom stereocenters. The fraction of sp³-hybridized carbons (Fsp3) is 0.762. The molecule has 4 aliphatic rings. The molecule has 6 atom stereocenters. The van der Waals surface area contributed by atoms with E-state index in [9.17, 15) is 14.4 Å². The highest BCUT2D eigenvalue weighted by molar-refractivity contribution is 6.05. The number of carbonyl (C=O) groups excluding carboxylic acids is 3. The zero-order chi connectivity index (χ0) is 18.0. The van der Waals surface area contributed by atoms with E-state index >= 15 is 0 Å². The first kappa shape index (κ1) is 17.0. The number of fused-ring (bicyclic) bond motifs is 5. The first-order valence-corrected chi connectivity index (χ1v) is 9.71. The number of ketones is 2. The number of ether oxygens (including phenoxy) is 1. The van der Waals surface area contributed by atoms with E-state index in [1.165, 1.54) is 6.92 Å². The number of Topliss-reactive ketones (excluding diaryl/α,β-unsaturated/α-hetero) is 1. The van der Waals surface area contributed by atoms with Crippen LogP contribution in [0.2, 0.25) is 0 Å². The predicted molar refractivity (Wildman–Crippen MR) is 92.7 cm³/mol. The monoisotopic (exact) mass is 344 g/mol. The minimum Gasteiger partial charge on any atom is -0.462 e. The van der Waals surface area contributed by atoms with Crippen LogP contribution in [0.1, 0.15) is 65.7 Å². The van der Waals surface area contributed by atoms with Crippen LogP contribution in [0.3, 0.4) is 0 Å². The first-order valence-electron chi connectivity index (χ1n) is 9.71. The molecule has 136 valence electrons. The van der Waals surface area contributed by atoms with Gasteiger partial charge in [0, 0.05) is 30.8 Å². The van der Waals surface area contributed by atoms with Gasteiger partial charge in [0.2, 0.25) is 0 Å². The van der Waals surface area contributed by atoms with Gasteiger partial charge in [-0.25, -0.2) is 0 Å². The summed E-state index contributed by atoms with van der Waals surface area (Å²) < 4.78 is 5.66. The Labute approximate surface area is 149 Å². The van der Waals surface area contributed by atoms with Crippen LogP contribution in [-0.2, 0) is 19.1 Å². The molecule has 0 aromatic heterocycles. The van der Waals surface area contributed by atoms with Gasteiger partial charge < -0.3 is 4.74 Å². The van der Waals surface area contributed by atoms with Gasteiger partial charge in [0.25, 0.3) is 0 Å². The topological polar surface area (TPSA) is 60.4 Å². The van der Waals surface area contributed by atoms with Crippen LogP contribution in [0.5, 0.6) is 0 Å². The van der Waals surface area contributed by atoms with Gasteiger partial charge in [-0.15, -0.1) is 0 Å². The molecule has 4 heteroatoms. The van der Waals surface area contributed by atoms with Gasteiger partial charge in [0.15, 0.2) is 11.6 Å². The van der Waals surface area contributed by atoms with Crippen molar-refractivity contribution in [1.82, 2.24) is 0 Å². The normalized spacial score (nSPS) is 46.0. The molecule has 0 bridgehead atoms. The van der Waals surface area contributed by atoms with Crippen LogP contribution in [0.15, 0.2) is 11.6 Å². The number of carbonyl (C=O) groups is 3. The van der Waals surface area contributed by atoms with Crippen molar-refractivity contribution in [3.8, 4) is 0 Å². The smallest absolute Gasteiger partial charge is 0.302 e. The lowest BCUT2D eigenvalue weighted by Crippen LogP contribution is -2.53. The molecule has 0 N–H and O–H groups in total. The van der Waals surface area contributed by atoms with Crippen molar-refractivity contribution in [1.29, 1.82) is 0 Å². The lowest BCUT2D eigenvalue weighted by Gasteiger charge is -2.57. The average Bonchev–Trinajstić information content (AvgIpc) is 2.86. The zero-order valence-electron chi connectivity index (χ0n) is 15.5. The summed E-state index contributed by atoms with van der Waals surface area (Å²) >= 11 is 0. The highest BCUT2D eigenvalue weighted by Gasteiger charge is 2.61. The van der Waals surface area contributed by atoms with Crippen molar-refractivity contribution in [3.63, 3.8) is 0 Å². The molecule has 0 saturated heterocycles. The summed E-state index contributed by atoms with van der Waals surface area (Å²) in [4.78, 5) is 36.3. The Balaban J connectivity index is 1.67. The van der Waals surface area contributed by atoms with Gasteiger partial charge in [-0.3, -0.25) is 14.4 Å². The van der Waals surface area contributed by atoms with E-state index in [4.69, 9.17) is 4.74 Å². The van der Waals surface area contributed by atoms with Crippen molar-refractivity contribution in [2.75, 3.05) is 0 Å². The third-order valence-corrected chi connectivity index (χ3v) is 8.01. The number of esters is 1. The third kappa shape index (κ3) is 2.36. The second-order valence-corrected chi connectivity index (χ2v) is 9.17. The second kappa shape index (κ2) is 5.52. The summed E-state index contributed by atoms with van der Waals surface area (Å²) in [7, 11) is 0. The quantitative estimate of drug-likeness (QED) is 0.682. The van der Waals surface area contributed by atoms with Crippen LogP contribution < -0.4 is 0 Å². The van der Waals surface area contributed by atoms with Gasteiger partial charge in [-0.05, 0) is 61.3 Å². The Morgan fingerprint density at radius 3 is 2.60 bits per heavy atom. The summed E-state index contributed by atoms with van der Waals surface area (Å²) in [6.45, 7) is 5.96. The molecule has 25 heavy (non-hydrogen) atoms. The van der Waals surface area contributed by atoms with Crippen LogP contribution in [0.4, 0.5) is 0 Å². The Morgan fingerprint density at radius 2 is 1.88 bits per heavy atom. The zero-order valence-corrected chi connectivity index (χ0v) is 15.5. The fourth-order valence-electron chi connectivity index (χ4n) is 6.73. The molecule has 4 rings (SSSR count). The second-order valence-electron chi connectivity index (χ2n) is 9.17. The van der Waals surface area contributed by atoms with E-state index in [2.05, 4.69) is 13.8 Å². The molecule has 0 aromatic rings. The summed E-state index contributed by atoms with van der Waals surface area (Å²) in [5.74, 6) is 1.36. The molecule has 0 heterocycles. The fourth-order valence-corrected chi connectivity index (χ4v) is 6.73. The van der Waals surface area contributed by atoms with Gasteiger partial charge in [0.05, 0.1) is 0 Å². The van der Waals surface area contributed by atoms with Gasteiger partial charge in [-0.1, -0.05) is 13.8 Å². The van der Waals surface area contributed by atoms with Gasteiger partial charge in [0.1, 0.15) is 6.10 Å². The van der Waals surface area contributed by atoms with E-state index in [0.717, 1.165) is 37.7 Å². The third-order valence-electron chi connectivity index (χ3n) is 8.01. The summed E-state index contributed by atoms with van der Waals surface area (Å²) in [6, 6.07) is 0. The summed E-state index contributed by atoms with van der Waals surface area (Å²) in [5.41, 5.74) is 0.646. The van der Waals surface area contributed by atoms with Gasteiger partial charge >= 0.3 is 5.97 Å². The Kier molecular flexibility index (Phi) is 3.75. The molecule has 4 aliphatic carbocycles. The number of allylic oxidation sites excluding steroid dienone is 1. The highest BCUT2D eigenvalue weighted by atomic mass is 16.5. The van der Waals surface area contributed by atoms with Crippen molar-refractivity contribution < 1.29 is 19.1 Å². The number of hydrogen-bond donors (Lipinski definition) is 0. The van der Waals surface area contributed by atoms with E-state index in [0.29, 0.717) is 30.6 Å². The Morgan fingerprint density at radius 1 is 1.12 bits per heavy atom. The summed E-state index contributed by atoms with van der Waals surface area (Å²) in [5, 5.41) is 0. The van der Waals surface area contributed by atoms with E-state index in [1.54, 1.807) is 6.08 Å². The predicted octanol–water partition coefficient (Wildman–Crippen LogP) is 3.63. The van der Waals surface area contributed by atoms with Crippen LogP contribution >= 0.6 is 0 Å².